The van der Waals surface area contributed by atoms with E-state index in [-0.39, 0.29) is 0 Å². The predicted octanol–water partition coefficient (Wildman–Crippen LogP) is 1.72. The zero-order valence-corrected chi connectivity index (χ0v) is 12.3. The van der Waals surface area contributed by atoms with Gasteiger partial charge in [-0.1, -0.05) is 11.6 Å². The van der Waals surface area contributed by atoms with Crippen LogP contribution in [0.25, 0.3) is 0 Å². The van der Waals surface area contributed by atoms with Crippen LogP contribution in [0.4, 0.5) is 5.69 Å². The summed E-state index contributed by atoms with van der Waals surface area (Å²) < 4.78 is 5.07. The average molecular weight is 307 g/mol. The maximum Gasteiger partial charge on any atom is 0.303 e. The first-order chi connectivity index (χ1) is 9.96. The lowest BCUT2D eigenvalue weighted by Crippen LogP contribution is -2.64. The Morgan fingerprint density at radius 1 is 1.48 bits per heavy atom. The molecule has 0 heterocycles. The number of terminal acetylenes is 1. The first-order valence-corrected chi connectivity index (χ1v) is 6.78. The molecule has 0 saturated heterocycles. The van der Waals surface area contributed by atoms with E-state index in [9.17, 15) is 9.59 Å². The van der Waals surface area contributed by atoms with Crippen molar-refractivity contribution >= 4 is 29.1 Å². The number of hydrogen-bond acceptors (Lipinski definition) is 3. The number of anilines is 1. The number of halogens is 1. The lowest BCUT2D eigenvalue weighted by Gasteiger charge is -2.46. The second-order valence-corrected chi connectivity index (χ2v) is 5.26. The number of amides is 2. The number of rotatable bonds is 4. The summed E-state index contributed by atoms with van der Waals surface area (Å²) in [5.41, 5.74) is 4.86. The molecule has 110 valence electrons. The van der Waals surface area contributed by atoms with Crippen LogP contribution in [0.1, 0.15) is 19.3 Å². The van der Waals surface area contributed by atoms with Crippen molar-refractivity contribution < 1.29 is 14.3 Å². The van der Waals surface area contributed by atoms with Crippen molar-refractivity contribution in [2.75, 3.05) is 12.0 Å². The number of benzene rings is 1. The topological polar surface area (TPSA) is 72.6 Å². The molecule has 0 spiro atoms. The van der Waals surface area contributed by atoms with Gasteiger partial charge in [-0.05, 0) is 43.4 Å². The molecule has 1 aliphatic carbocycles. The molecular formula is C15H15ClN2O3. The van der Waals surface area contributed by atoms with E-state index in [0.29, 0.717) is 29.3 Å². The number of methoxy groups -OCH3 is 1. The number of carbonyl (C=O) groups is 2. The zero-order chi connectivity index (χ0) is 15.6. The fourth-order valence-corrected chi connectivity index (χ4v) is 2.76. The number of carbonyl (C=O) groups excluding carboxylic acids is 2. The number of hydrogen-bond donors (Lipinski definition) is 1. The van der Waals surface area contributed by atoms with Crippen LogP contribution >= 0.6 is 11.6 Å². The van der Waals surface area contributed by atoms with Crippen molar-refractivity contribution in [3.63, 3.8) is 0 Å². The molecule has 1 aromatic carbocycles. The number of ether oxygens (including phenoxy) is 1. The Bertz CT molecular complexity index is 632. The molecule has 0 unspecified atom stereocenters. The molecule has 0 aliphatic heterocycles. The third kappa shape index (κ3) is 2.43. The second-order valence-electron chi connectivity index (χ2n) is 4.85. The fourth-order valence-electron chi connectivity index (χ4n) is 2.51. The van der Waals surface area contributed by atoms with Crippen molar-refractivity contribution in [1.29, 1.82) is 0 Å². The van der Waals surface area contributed by atoms with E-state index in [1.807, 2.05) is 5.92 Å². The average Bonchev–Trinajstić information content (AvgIpc) is 2.41. The molecule has 1 aromatic rings. The maximum absolute atomic E-state index is 12.1. The van der Waals surface area contributed by atoms with Gasteiger partial charge in [-0.3, -0.25) is 14.5 Å². The smallest absolute Gasteiger partial charge is 0.303 e. The number of nitrogens with zero attached hydrogens (tertiary/aromatic N) is 1. The van der Waals surface area contributed by atoms with Gasteiger partial charge in [-0.15, -0.1) is 6.42 Å². The van der Waals surface area contributed by atoms with Crippen LogP contribution in [0.3, 0.4) is 0 Å². The third-order valence-electron chi connectivity index (χ3n) is 3.79. The monoisotopic (exact) mass is 306 g/mol. The molecule has 2 N–H and O–H groups in total. The quantitative estimate of drug-likeness (QED) is 0.861. The van der Waals surface area contributed by atoms with Crippen LogP contribution in [0.15, 0.2) is 18.2 Å². The predicted molar refractivity (Wildman–Crippen MR) is 80.1 cm³/mol. The Balaban J connectivity index is 2.52. The van der Waals surface area contributed by atoms with Crippen LogP contribution in [-0.4, -0.2) is 24.5 Å². The first kappa shape index (κ1) is 15.2. The van der Waals surface area contributed by atoms with Crippen molar-refractivity contribution in [1.82, 2.24) is 0 Å². The Kier molecular flexibility index (Phi) is 4.10. The minimum atomic E-state index is -1.07. The minimum absolute atomic E-state index is 0.323. The van der Waals surface area contributed by atoms with Gasteiger partial charge in [0.1, 0.15) is 11.3 Å². The summed E-state index contributed by atoms with van der Waals surface area (Å²) in [5, 5.41) is 0.323. The number of nitrogens with two attached hydrogens (primary N) is 1. The highest BCUT2D eigenvalue weighted by Gasteiger charge is 2.50. The van der Waals surface area contributed by atoms with Gasteiger partial charge < -0.3 is 10.5 Å². The zero-order valence-electron chi connectivity index (χ0n) is 11.6. The number of primary amides is 1. The standard InChI is InChI=1S/C15H15ClN2O3/c1-3-13(19)18(15(14(17)20)7-4-8-15)10-5-6-12(21-2)11(16)9-10/h1,5-6,9H,4,7-8H2,2H3,(H2,17,20). The molecule has 21 heavy (non-hydrogen) atoms. The van der Waals surface area contributed by atoms with E-state index in [0.717, 1.165) is 6.42 Å². The van der Waals surface area contributed by atoms with Gasteiger partial charge in [0.2, 0.25) is 5.91 Å². The Morgan fingerprint density at radius 3 is 2.52 bits per heavy atom. The summed E-state index contributed by atoms with van der Waals surface area (Å²) in [4.78, 5) is 25.2. The van der Waals surface area contributed by atoms with Crippen molar-refractivity contribution in [2.45, 2.75) is 24.8 Å². The first-order valence-electron chi connectivity index (χ1n) is 6.40. The highest BCUT2D eigenvalue weighted by Crippen LogP contribution is 2.42. The maximum atomic E-state index is 12.1. The molecule has 6 heteroatoms. The Morgan fingerprint density at radius 2 is 2.14 bits per heavy atom. The van der Waals surface area contributed by atoms with Crippen molar-refractivity contribution in [3.05, 3.63) is 23.2 Å². The van der Waals surface area contributed by atoms with E-state index in [4.69, 9.17) is 28.5 Å². The summed E-state index contributed by atoms with van der Waals surface area (Å²) in [6.45, 7) is 0. The van der Waals surface area contributed by atoms with Crippen LogP contribution in [0.2, 0.25) is 5.02 Å². The van der Waals surface area contributed by atoms with Gasteiger partial charge in [0, 0.05) is 5.69 Å². The molecule has 1 saturated carbocycles. The van der Waals surface area contributed by atoms with Gasteiger partial charge in [-0.2, -0.15) is 0 Å². The van der Waals surface area contributed by atoms with Gasteiger partial charge in [-0.25, -0.2) is 0 Å². The third-order valence-corrected chi connectivity index (χ3v) is 4.08. The molecule has 0 radical (unpaired) electrons. The van der Waals surface area contributed by atoms with Crippen molar-refractivity contribution in [2.24, 2.45) is 5.73 Å². The summed E-state index contributed by atoms with van der Waals surface area (Å²) in [6.07, 6.45) is 7.01. The Hall–Kier alpha value is -2.19. The van der Waals surface area contributed by atoms with E-state index < -0.39 is 17.4 Å². The summed E-state index contributed by atoms with van der Waals surface area (Å²) in [7, 11) is 1.49. The Labute approximate surface area is 128 Å². The minimum Gasteiger partial charge on any atom is -0.495 e. The lowest BCUT2D eigenvalue weighted by molar-refractivity contribution is -0.129. The molecule has 5 nitrogen and oxygen atoms in total. The molecule has 1 fully saturated rings. The molecule has 2 rings (SSSR count). The van der Waals surface area contributed by atoms with E-state index in [1.165, 1.54) is 12.0 Å². The largest absolute Gasteiger partial charge is 0.495 e. The molecule has 2 amide bonds. The molecule has 0 atom stereocenters. The van der Waals surface area contributed by atoms with Crippen LogP contribution in [-0.2, 0) is 9.59 Å². The van der Waals surface area contributed by atoms with E-state index in [1.54, 1.807) is 18.2 Å². The van der Waals surface area contributed by atoms with Crippen LogP contribution in [0.5, 0.6) is 5.75 Å². The normalized spacial score (nSPS) is 15.5. The van der Waals surface area contributed by atoms with Crippen molar-refractivity contribution in [3.8, 4) is 18.1 Å². The highest BCUT2D eigenvalue weighted by atomic mass is 35.5. The van der Waals surface area contributed by atoms with E-state index in [2.05, 4.69) is 0 Å². The molecule has 0 aromatic heterocycles. The van der Waals surface area contributed by atoms with Gasteiger partial charge in [0.15, 0.2) is 0 Å². The summed E-state index contributed by atoms with van der Waals surface area (Å²) >= 11 is 6.08. The highest BCUT2D eigenvalue weighted by molar-refractivity contribution is 6.32. The molecule has 1 aliphatic rings. The van der Waals surface area contributed by atoms with Gasteiger partial charge >= 0.3 is 5.91 Å². The summed E-state index contributed by atoms with van der Waals surface area (Å²) in [5.74, 6) is 1.33. The van der Waals surface area contributed by atoms with Gasteiger partial charge in [0.05, 0.1) is 12.1 Å². The fraction of sp³-hybridized carbons (Fsp3) is 0.333. The van der Waals surface area contributed by atoms with Crippen LogP contribution < -0.4 is 15.4 Å². The van der Waals surface area contributed by atoms with Crippen LogP contribution in [0, 0.1) is 12.3 Å². The van der Waals surface area contributed by atoms with E-state index >= 15 is 0 Å². The summed E-state index contributed by atoms with van der Waals surface area (Å²) in [6, 6.07) is 4.78. The SMILES string of the molecule is C#CC(=O)N(c1ccc(OC)c(Cl)c1)C1(C(N)=O)CCC1. The lowest BCUT2D eigenvalue weighted by atomic mass is 9.74. The van der Waals surface area contributed by atoms with Gasteiger partial charge in [0.25, 0.3) is 0 Å². The molecule has 0 bridgehead atoms. The molecular weight excluding hydrogens is 292 g/mol. The second kappa shape index (κ2) is 5.66.